The maximum absolute atomic E-state index is 12.3. The second-order valence-electron chi connectivity index (χ2n) is 11.8. The van der Waals surface area contributed by atoms with E-state index in [1.165, 1.54) is 83.7 Å². The highest BCUT2D eigenvalue weighted by atomic mass is 35.5. The summed E-state index contributed by atoms with van der Waals surface area (Å²) < 4.78 is 50.4. The molecule has 6 atom stereocenters. The minimum Gasteiger partial charge on any atom is -0.390 e. The van der Waals surface area contributed by atoms with Crippen LogP contribution in [0.3, 0.4) is 0 Å². The molecular weight excluding hydrogens is 666 g/mol. The summed E-state index contributed by atoms with van der Waals surface area (Å²) in [6.07, 6.45) is 15.3. The maximum Gasteiger partial charge on any atom is 0.481 e. The minimum absolute atomic E-state index is 0.0449. The Balaban J connectivity index is 1.54. The first-order valence-corrected chi connectivity index (χ1v) is 19.8. The van der Waals surface area contributed by atoms with E-state index in [0.29, 0.717) is 6.61 Å². The number of alkyl halides is 1. The van der Waals surface area contributed by atoms with Gasteiger partial charge in [-0.25, -0.2) is 13.9 Å². The zero-order valence-electron chi connectivity index (χ0n) is 27.1. The Bertz CT molecular complexity index is 1220. The van der Waals surface area contributed by atoms with E-state index in [1.807, 2.05) is 0 Å². The molecule has 14 nitrogen and oxygen atoms in total. The molecule has 1 fully saturated rings. The highest BCUT2D eigenvalue weighted by Crippen LogP contribution is 2.60. The van der Waals surface area contributed by atoms with Crippen molar-refractivity contribution in [1.82, 2.24) is 9.55 Å². The number of aliphatic hydroxyl groups is 1. The van der Waals surface area contributed by atoms with Crippen molar-refractivity contribution in [1.29, 1.82) is 0 Å². The molecule has 0 amide bonds. The maximum atomic E-state index is 12.3. The molecule has 1 saturated heterocycles. The van der Waals surface area contributed by atoms with Gasteiger partial charge in [-0.05, 0) is 13.3 Å². The predicted molar refractivity (Wildman–Crippen MR) is 174 cm³/mol. The van der Waals surface area contributed by atoms with E-state index >= 15 is 0 Å². The lowest BCUT2D eigenvalue weighted by molar-refractivity contribution is -0.0451. The van der Waals surface area contributed by atoms with Gasteiger partial charge in [0.2, 0.25) is 0 Å². The minimum atomic E-state index is -5.14. The summed E-state index contributed by atoms with van der Waals surface area (Å²) in [5.74, 6) is 0. The standard InChI is InChI=1S/C29H53ClN2O12P2/c1-3-4-5-6-7-8-9-10-11-12-13-14-15-16-17-40-20-24(30)21-41-45(36,37)44-46(38,39)42-22-26-25(33)18-27(43-26)32-19-23(2)28(34)31-29(32)35/h19,24-27,33H,3-18,20-22H2,1-2H3,(H,36,37)(H,38,39)(H,31,34,35)/t24?,25-,26+,27+/m1/s1. The number of aromatic nitrogens is 2. The van der Waals surface area contributed by atoms with Gasteiger partial charge < -0.3 is 24.4 Å². The molecule has 2 rings (SSSR count). The first-order valence-electron chi connectivity index (χ1n) is 16.4. The van der Waals surface area contributed by atoms with Crippen molar-refractivity contribution in [2.45, 2.75) is 134 Å². The number of phosphoric ester groups is 2. The summed E-state index contributed by atoms with van der Waals surface area (Å²) in [4.78, 5) is 45.6. The van der Waals surface area contributed by atoms with E-state index < -0.39 is 63.9 Å². The van der Waals surface area contributed by atoms with Crippen LogP contribution in [0.4, 0.5) is 0 Å². The van der Waals surface area contributed by atoms with E-state index in [9.17, 15) is 33.6 Å². The second-order valence-corrected chi connectivity index (χ2v) is 15.5. The SMILES string of the molecule is CCCCCCCCCCCCCCCCOCC(Cl)COP(=O)(O)OP(=O)(O)OC[C@@H]1O[C@H](n2cc(C)c(=O)[nH]c2=O)C[C@H]1O. The first-order chi connectivity index (χ1) is 21.8. The van der Waals surface area contributed by atoms with Crippen LogP contribution in [0.1, 0.15) is 115 Å². The molecular formula is C29H53ClN2O12P2. The van der Waals surface area contributed by atoms with Crippen LogP contribution >= 0.6 is 27.2 Å². The van der Waals surface area contributed by atoms with Gasteiger partial charge in [0.05, 0.1) is 31.3 Å². The van der Waals surface area contributed by atoms with Gasteiger partial charge in [0.1, 0.15) is 12.3 Å². The fourth-order valence-corrected chi connectivity index (χ4v) is 7.38. The lowest BCUT2D eigenvalue weighted by Gasteiger charge is -2.20. The van der Waals surface area contributed by atoms with Crippen molar-refractivity contribution in [3.8, 4) is 0 Å². The number of nitrogens with one attached hydrogen (secondary N) is 1. The Kier molecular flexibility index (Phi) is 19.7. The van der Waals surface area contributed by atoms with Gasteiger partial charge in [0, 0.05) is 24.8 Å². The van der Waals surface area contributed by atoms with Crippen LogP contribution in [0.25, 0.3) is 0 Å². The molecule has 0 aromatic carbocycles. The molecule has 4 N–H and O–H groups in total. The number of nitrogens with zero attached hydrogens (tertiary/aromatic N) is 1. The van der Waals surface area contributed by atoms with E-state index in [0.717, 1.165) is 23.8 Å². The van der Waals surface area contributed by atoms with Crippen molar-refractivity contribution >= 4 is 27.2 Å². The van der Waals surface area contributed by atoms with Gasteiger partial charge in [0.25, 0.3) is 5.56 Å². The van der Waals surface area contributed by atoms with Gasteiger partial charge in [-0.3, -0.25) is 23.4 Å². The van der Waals surface area contributed by atoms with Crippen LogP contribution in [0.2, 0.25) is 0 Å². The largest absolute Gasteiger partial charge is 0.481 e. The zero-order chi connectivity index (χ0) is 34.0. The van der Waals surface area contributed by atoms with E-state index in [2.05, 4.69) is 16.2 Å². The van der Waals surface area contributed by atoms with Crippen LogP contribution in [0.15, 0.2) is 15.8 Å². The third-order valence-corrected chi connectivity index (χ3v) is 10.5. The van der Waals surface area contributed by atoms with Crippen LogP contribution in [0, 0.1) is 6.92 Å². The van der Waals surface area contributed by atoms with Gasteiger partial charge in [0.15, 0.2) is 0 Å². The quantitative estimate of drug-likeness (QED) is 0.0508. The topological polar surface area (TPSA) is 196 Å². The number of phosphoric acid groups is 2. The Morgan fingerprint density at radius 3 is 2.07 bits per heavy atom. The average molecular weight is 719 g/mol. The molecule has 46 heavy (non-hydrogen) atoms. The lowest BCUT2D eigenvalue weighted by Crippen LogP contribution is -2.33. The van der Waals surface area contributed by atoms with Crippen molar-refractivity contribution in [2.75, 3.05) is 26.4 Å². The van der Waals surface area contributed by atoms with Crippen molar-refractivity contribution < 1.29 is 46.9 Å². The number of halogens is 1. The van der Waals surface area contributed by atoms with Crippen LogP contribution in [0.5, 0.6) is 0 Å². The third kappa shape index (κ3) is 17.0. The number of hydrogen-bond donors (Lipinski definition) is 4. The molecule has 0 saturated carbocycles. The van der Waals surface area contributed by atoms with E-state index in [4.69, 9.17) is 30.1 Å². The summed E-state index contributed by atoms with van der Waals surface area (Å²) in [6, 6.07) is 0. The van der Waals surface area contributed by atoms with Gasteiger partial charge in [-0.2, -0.15) is 4.31 Å². The molecule has 0 radical (unpaired) electrons. The number of ether oxygens (including phenoxy) is 2. The van der Waals surface area contributed by atoms with Gasteiger partial charge in [-0.1, -0.05) is 90.4 Å². The Morgan fingerprint density at radius 2 is 1.48 bits per heavy atom. The molecule has 0 aliphatic carbocycles. The van der Waals surface area contributed by atoms with Crippen LogP contribution in [-0.4, -0.2) is 68.5 Å². The number of hydrogen-bond acceptors (Lipinski definition) is 10. The number of aromatic amines is 1. The molecule has 1 aliphatic rings. The Labute approximate surface area is 276 Å². The van der Waals surface area contributed by atoms with Gasteiger partial charge in [-0.15, -0.1) is 11.6 Å². The summed E-state index contributed by atoms with van der Waals surface area (Å²) in [7, 11) is -10.2. The fraction of sp³-hybridized carbons (Fsp3) is 0.862. The van der Waals surface area contributed by atoms with Gasteiger partial charge >= 0.3 is 21.3 Å². The number of aliphatic hydroxyl groups excluding tert-OH is 1. The normalized spacial score (nSPS) is 21.7. The molecule has 17 heteroatoms. The molecule has 1 aromatic heterocycles. The molecule has 0 spiro atoms. The summed E-state index contributed by atoms with van der Waals surface area (Å²) >= 11 is 6.09. The van der Waals surface area contributed by atoms with E-state index in [1.54, 1.807) is 0 Å². The molecule has 3 unspecified atom stereocenters. The van der Waals surface area contributed by atoms with Crippen LogP contribution < -0.4 is 11.2 Å². The van der Waals surface area contributed by atoms with E-state index in [-0.39, 0.29) is 18.6 Å². The fourth-order valence-electron chi connectivity index (χ4n) is 5.01. The lowest BCUT2D eigenvalue weighted by atomic mass is 10.0. The highest BCUT2D eigenvalue weighted by Gasteiger charge is 2.40. The number of unbranched alkanes of at least 4 members (excludes halogenated alkanes) is 13. The first kappa shape index (κ1) is 41.3. The second kappa shape index (κ2) is 22.0. The number of H-pyrrole nitrogens is 1. The van der Waals surface area contributed by atoms with Crippen molar-refractivity contribution in [3.63, 3.8) is 0 Å². The molecule has 2 heterocycles. The molecule has 1 aromatic rings. The Morgan fingerprint density at radius 1 is 0.935 bits per heavy atom. The summed E-state index contributed by atoms with van der Waals surface area (Å²) in [6.45, 7) is 3.05. The molecule has 1 aliphatic heterocycles. The average Bonchev–Trinajstić information content (AvgIpc) is 3.36. The van der Waals surface area contributed by atoms with Crippen LogP contribution in [-0.2, 0) is 32.0 Å². The summed E-state index contributed by atoms with van der Waals surface area (Å²) in [5.41, 5.74) is -1.09. The van der Waals surface area contributed by atoms with Crippen molar-refractivity contribution in [3.05, 3.63) is 32.6 Å². The Hall–Kier alpha value is -0.890. The predicted octanol–water partition coefficient (Wildman–Crippen LogP) is 5.85. The number of aryl methyl sites for hydroxylation is 1. The third-order valence-electron chi connectivity index (χ3n) is 7.63. The smallest absolute Gasteiger partial charge is 0.390 e. The highest BCUT2D eigenvalue weighted by molar-refractivity contribution is 7.61. The number of rotatable bonds is 26. The molecule has 0 bridgehead atoms. The van der Waals surface area contributed by atoms with Crippen molar-refractivity contribution in [2.24, 2.45) is 0 Å². The summed E-state index contributed by atoms with van der Waals surface area (Å²) in [5, 5.41) is 9.45. The monoisotopic (exact) mass is 718 g/mol. The zero-order valence-corrected chi connectivity index (χ0v) is 29.6. The molecule has 268 valence electrons.